The van der Waals surface area contributed by atoms with E-state index in [1.165, 1.54) is 7.11 Å². The van der Waals surface area contributed by atoms with Crippen LogP contribution in [0.3, 0.4) is 0 Å². The van der Waals surface area contributed by atoms with E-state index in [4.69, 9.17) is 4.74 Å². The Hall–Kier alpha value is -3.41. The molecule has 0 bridgehead atoms. The summed E-state index contributed by atoms with van der Waals surface area (Å²) in [4.78, 5) is 29.0. The average molecular weight is 349 g/mol. The zero-order valence-electron chi connectivity index (χ0n) is 14.8. The normalized spacial score (nSPS) is 10.4. The topological polar surface area (TPSA) is 73.2 Å². The number of anilines is 1. The van der Waals surface area contributed by atoms with Gasteiger partial charge in [-0.3, -0.25) is 9.59 Å². The highest BCUT2D eigenvalue weighted by atomic mass is 16.5. The number of imidazole rings is 1. The van der Waals surface area contributed by atoms with Crippen LogP contribution in [0.2, 0.25) is 0 Å². The summed E-state index contributed by atoms with van der Waals surface area (Å²) in [5.41, 5.74) is 2.52. The lowest BCUT2D eigenvalue weighted by molar-refractivity contribution is 0.101. The van der Waals surface area contributed by atoms with Crippen LogP contribution >= 0.6 is 0 Å². The van der Waals surface area contributed by atoms with Crippen LogP contribution in [0.5, 0.6) is 5.75 Å². The van der Waals surface area contributed by atoms with E-state index in [1.807, 2.05) is 13.0 Å². The van der Waals surface area contributed by atoms with Gasteiger partial charge in [0, 0.05) is 30.7 Å². The van der Waals surface area contributed by atoms with Crippen LogP contribution in [0, 0.1) is 6.92 Å². The molecule has 1 heterocycles. The Bertz CT molecular complexity index is 959. The van der Waals surface area contributed by atoms with Gasteiger partial charge in [-0.15, -0.1) is 0 Å². The van der Waals surface area contributed by atoms with Crippen molar-refractivity contribution in [3.63, 3.8) is 0 Å². The Labute approximate surface area is 151 Å². The molecule has 26 heavy (non-hydrogen) atoms. The molecular weight excluding hydrogens is 330 g/mol. The Morgan fingerprint density at radius 3 is 2.46 bits per heavy atom. The number of ether oxygens (including phenoxy) is 1. The number of aromatic nitrogens is 2. The number of carbonyl (C=O) groups excluding carboxylic acids is 2. The van der Waals surface area contributed by atoms with Gasteiger partial charge in [-0.2, -0.15) is 0 Å². The molecule has 6 nitrogen and oxygen atoms in total. The minimum absolute atomic E-state index is 0.171. The molecule has 0 unspecified atom stereocenters. The van der Waals surface area contributed by atoms with Crippen LogP contribution < -0.4 is 10.1 Å². The van der Waals surface area contributed by atoms with Gasteiger partial charge in [0.25, 0.3) is 5.91 Å². The highest BCUT2D eigenvalue weighted by molar-refractivity contribution is 6.08. The van der Waals surface area contributed by atoms with Crippen molar-refractivity contribution in [3.05, 3.63) is 77.4 Å². The van der Waals surface area contributed by atoms with Gasteiger partial charge in [-0.25, -0.2) is 4.98 Å². The van der Waals surface area contributed by atoms with Gasteiger partial charge in [-0.05, 0) is 43.3 Å². The summed E-state index contributed by atoms with van der Waals surface area (Å²) in [6, 6.07) is 12.1. The summed E-state index contributed by atoms with van der Waals surface area (Å²) in [6.45, 7) is 1.91. The Kier molecular flexibility index (Phi) is 4.84. The van der Waals surface area contributed by atoms with Crippen LogP contribution in [0.15, 0.2) is 54.9 Å². The minimum atomic E-state index is -0.270. The molecule has 0 aliphatic heterocycles. The first-order chi connectivity index (χ1) is 12.5. The Morgan fingerprint density at radius 2 is 1.85 bits per heavy atom. The van der Waals surface area contributed by atoms with Gasteiger partial charge in [0.05, 0.1) is 12.7 Å². The number of nitrogens with one attached hydrogen (secondary N) is 1. The minimum Gasteiger partial charge on any atom is -0.496 e. The number of hydrogen-bond donors (Lipinski definition) is 1. The second-order valence-electron chi connectivity index (χ2n) is 5.93. The van der Waals surface area contributed by atoms with Crippen LogP contribution in [0.1, 0.15) is 32.1 Å². The standard InChI is InChI=1S/C20H19N3O3/c1-13-4-9-17(26-3)16(12-13)20(25)22-15-7-5-14(6-8-15)18(24)19-21-10-11-23(19)2/h4-12H,1-3H3,(H,22,25). The van der Waals surface area contributed by atoms with Crippen molar-refractivity contribution < 1.29 is 14.3 Å². The number of benzene rings is 2. The molecule has 0 fully saturated rings. The van der Waals surface area contributed by atoms with E-state index in [2.05, 4.69) is 10.3 Å². The average Bonchev–Trinajstić information content (AvgIpc) is 3.07. The summed E-state index contributed by atoms with van der Waals surface area (Å²) in [5, 5.41) is 2.82. The lowest BCUT2D eigenvalue weighted by atomic mass is 10.1. The van der Waals surface area contributed by atoms with Gasteiger partial charge < -0.3 is 14.6 Å². The van der Waals surface area contributed by atoms with Crippen molar-refractivity contribution in [1.29, 1.82) is 0 Å². The maximum absolute atomic E-state index is 12.5. The predicted molar refractivity (Wildman–Crippen MR) is 98.8 cm³/mol. The molecule has 132 valence electrons. The number of methoxy groups -OCH3 is 1. The van der Waals surface area contributed by atoms with Gasteiger partial charge >= 0.3 is 0 Å². The number of ketones is 1. The molecule has 3 aromatic rings. The molecule has 0 saturated heterocycles. The van der Waals surface area contributed by atoms with Gasteiger partial charge in [-0.1, -0.05) is 11.6 Å². The predicted octanol–water partition coefficient (Wildman–Crippen LogP) is 3.22. The molecule has 0 aliphatic rings. The molecular formula is C20H19N3O3. The Morgan fingerprint density at radius 1 is 1.12 bits per heavy atom. The van der Waals surface area contributed by atoms with Crippen molar-refractivity contribution >= 4 is 17.4 Å². The van der Waals surface area contributed by atoms with E-state index in [0.717, 1.165) is 5.56 Å². The van der Waals surface area contributed by atoms with Gasteiger partial charge in [0.2, 0.25) is 5.78 Å². The van der Waals surface area contributed by atoms with Gasteiger partial charge in [0.15, 0.2) is 5.82 Å². The summed E-state index contributed by atoms with van der Waals surface area (Å²) < 4.78 is 6.92. The van der Waals surface area contributed by atoms with E-state index >= 15 is 0 Å². The molecule has 6 heteroatoms. The van der Waals surface area contributed by atoms with Crippen molar-refractivity contribution in [2.45, 2.75) is 6.92 Å². The largest absolute Gasteiger partial charge is 0.496 e. The smallest absolute Gasteiger partial charge is 0.259 e. The lowest BCUT2D eigenvalue weighted by Crippen LogP contribution is -2.14. The third kappa shape index (κ3) is 3.49. The van der Waals surface area contributed by atoms with Crippen molar-refractivity contribution in [3.8, 4) is 5.75 Å². The monoisotopic (exact) mass is 349 g/mol. The first-order valence-corrected chi connectivity index (χ1v) is 8.07. The summed E-state index contributed by atoms with van der Waals surface area (Å²) >= 11 is 0. The van der Waals surface area contributed by atoms with Crippen molar-refractivity contribution in [2.24, 2.45) is 7.05 Å². The number of hydrogen-bond acceptors (Lipinski definition) is 4. The quantitative estimate of drug-likeness (QED) is 0.718. The lowest BCUT2D eigenvalue weighted by Gasteiger charge is -2.10. The fraction of sp³-hybridized carbons (Fsp3) is 0.150. The fourth-order valence-corrected chi connectivity index (χ4v) is 2.62. The maximum Gasteiger partial charge on any atom is 0.259 e. The first kappa shape index (κ1) is 17.4. The molecule has 3 rings (SSSR count). The number of nitrogens with zero attached hydrogens (tertiary/aromatic N) is 2. The van der Waals surface area contributed by atoms with E-state index < -0.39 is 0 Å². The second kappa shape index (κ2) is 7.23. The first-order valence-electron chi connectivity index (χ1n) is 8.07. The molecule has 0 spiro atoms. The van der Waals surface area contributed by atoms with Crippen LogP contribution in [-0.4, -0.2) is 28.4 Å². The molecule has 0 aliphatic carbocycles. The highest BCUT2D eigenvalue weighted by Gasteiger charge is 2.15. The zero-order valence-corrected chi connectivity index (χ0v) is 14.8. The second-order valence-corrected chi connectivity index (χ2v) is 5.93. The molecule has 1 amide bonds. The van der Waals surface area contributed by atoms with Crippen molar-refractivity contribution in [2.75, 3.05) is 12.4 Å². The molecule has 0 atom stereocenters. The number of rotatable bonds is 5. The molecule has 1 N–H and O–H groups in total. The van der Waals surface area contributed by atoms with Gasteiger partial charge in [0.1, 0.15) is 5.75 Å². The van der Waals surface area contributed by atoms with Crippen LogP contribution in [0.25, 0.3) is 0 Å². The van der Waals surface area contributed by atoms with Crippen molar-refractivity contribution in [1.82, 2.24) is 9.55 Å². The SMILES string of the molecule is COc1ccc(C)cc1C(=O)Nc1ccc(C(=O)c2nccn2C)cc1. The van der Waals surface area contributed by atoms with E-state index in [0.29, 0.717) is 28.4 Å². The number of aryl methyl sites for hydroxylation is 2. The molecule has 1 aromatic heterocycles. The number of carbonyl (C=O) groups is 2. The molecule has 0 saturated carbocycles. The third-order valence-electron chi connectivity index (χ3n) is 4.03. The van der Waals surface area contributed by atoms with E-state index in [9.17, 15) is 9.59 Å². The zero-order chi connectivity index (χ0) is 18.7. The summed E-state index contributed by atoms with van der Waals surface area (Å²) in [6.07, 6.45) is 3.30. The summed E-state index contributed by atoms with van der Waals surface area (Å²) in [7, 11) is 3.30. The van der Waals surface area contributed by atoms with Crippen LogP contribution in [-0.2, 0) is 7.05 Å². The number of amides is 1. The molecule has 0 radical (unpaired) electrons. The van der Waals surface area contributed by atoms with E-state index in [1.54, 1.807) is 60.4 Å². The fourth-order valence-electron chi connectivity index (χ4n) is 2.62. The third-order valence-corrected chi connectivity index (χ3v) is 4.03. The Balaban J connectivity index is 1.78. The maximum atomic E-state index is 12.5. The van der Waals surface area contributed by atoms with Crippen LogP contribution in [0.4, 0.5) is 5.69 Å². The summed E-state index contributed by atoms with van der Waals surface area (Å²) in [5.74, 6) is 0.436. The molecule has 2 aromatic carbocycles. The van der Waals surface area contributed by atoms with E-state index in [-0.39, 0.29) is 11.7 Å². The highest BCUT2D eigenvalue weighted by Crippen LogP contribution is 2.21.